The van der Waals surface area contributed by atoms with Gasteiger partial charge in [0.25, 0.3) is 0 Å². The van der Waals surface area contributed by atoms with Crippen molar-refractivity contribution in [3.8, 4) is 0 Å². The second-order valence-corrected chi connectivity index (χ2v) is 17.8. The van der Waals surface area contributed by atoms with Crippen molar-refractivity contribution in [2.45, 2.75) is 107 Å². The molecule has 0 unspecified atom stereocenters. The molecule has 4 saturated carbocycles. The molecule has 10 nitrogen and oxygen atoms in total. The zero-order chi connectivity index (χ0) is 31.7. The Labute approximate surface area is 260 Å². The van der Waals surface area contributed by atoms with Crippen molar-refractivity contribution in [2.24, 2.45) is 56.6 Å². The van der Waals surface area contributed by atoms with E-state index in [1.165, 1.54) is 0 Å². The summed E-state index contributed by atoms with van der Waals surface area (Å²) in [5, 5.41) is 34.8. The zero-order valence-electron chi connectivity index (χ0n) is 25.1. The van der Waals surface area contributed by atoms with Gasteiger partial charge in [-0.3, -0.25) is 4.79 Å². The molecule has 1 aromatic rings. The highest BCUT2D eigenvalue weighted by molar-refractivity contribution is 7.90. The number of fused-ring (bicyclic) bond motifs is 5. The molecule has 0 bridgehead atoms. The third-order valence-electron chi connectivity index (χ3n) is 12.3. The van der Waals surface area contributed by atoms with E-state index >= 15 is 0 Å². The van der Waals surface area contributed by atoms with Crippen LogP contribution in [-0.4, -0.2) is 45.2 Å². The Balaban J connectivity index is 1.28. The van der Waals surface area contributed by atoms with Crippen LogP contribution >= 0.6 is 11.6 Å². The molecule has 242 valence electrons. The van der Waals surface area contributed by atoms with Crippen molar-refractivity contribution in [3.63, 3.8) is 0 Å². The van der Waals surface area contributed by atoms with Crippen molar-refractivity contribution in [3.05, 3.63) is 17.2 Å². The van der Waals surface area contributed by atoms with Gasteiger partial charge in [-0.15, -0.1) is 0 Å². The summed E-state index contributed by atoms with van der Waals surface area (Å²) in [6.07, 6.45) is 7.87. The van der Waals surface area contributed by atoms with Crippen LogP contribution in [0.4, 0.5) is 5.69 Å². The van der Waals surface area contributed by atoms with E-state index in [0.717, 1.165) is 63.5 Å². The Bertz CT molecular complexity index is 1490. The highest BCUT2D eigenvalue weighted by Gasteiger charge is 2.63. The van der Waals surface area contributed by atoms with E-state index in [9.17, 15) is 31.8 Å². The lowest BCUT2D eigenvalue weighted by atomic mass is 9.43. The van der Waals surface area contributed by atoms with Gasteiger partial charge >= 0.3 is 0 Å². The maximum absolute atomic E-state index is 13.0. The molecule has 43 heavy (non-hydrogen) atoms. The standard InChI is InChI=1S/C30H46ClN3O7S2/c1-16(4-9-28(37)34-24-14-23(31)25(42(32,38)39)15-26(24)43(33,40)41)20-7-8-21-19-6-5-17-12-18(35)10-11-29(17,2)22(19)13-27(36)30(20,21)3/h14-22,27,35-36H,4-13H2,1-3H3,(H,34,37)(H2,32,38,39)(H2,33,40,41)/t16-,17-,18-,19+,20-,21+,22+,27+,29+,30-/m1/s1. The third-order valence-corrected chi connectivity index (χ3v) is 14.6. The SMILES string of the molecule is C[C@H](CCC(=O)Nc1cc(Cl)c(S(N)(=O)=O)cc1S(N)(=O)=O)[C@H]1CC[C@H]2[C@@H]3CC[C@@H]4C[C@H](O)CC[C@]4(C)[C@H]3C[C@H](O)[C@]12C. The Morgan fingerprint density at radius 1 is 1.00 bits per heavy atom. The van der Waals surface area contributed by atoms with Gasteiger partial charge in [0.2, 0.25) is 26.0 Å². The lowest BCUT2D eigenvalue weighted by Gasteiger charge is -2.62. The maximum Gasteiger partial charge on any atom is 0.240 e. The van der Waals surface area contributed by atoms with Crippen LogP contribution in [-0.2, 0) is 24.8 Å². The van der Waals surface area contributed by atoms with Crippen LogP contribution in [0.3, 0.4) is 0 Å². The highest BCUT2D eigenvalue weighted by Crippen LogP contribution is 2.68. The van der Waals surface area contributed by atoms with Crippen LogP contribution in [0.25, 0.3) is 0 Å². The van der Waals surface area contributed by atoms with Gasteiger partial charge in [-0.05, 0) is 116 Å². The molecule has 1 aromatic carbocycles. The Morgan fingerprint density at radius 2 is 1.67 bits per heavy atom. The molecule has 4 fully saturated rings. The fourth-order valence-corrected chi connectivity index (χ4v) is 11.9. The first kappa shape index (κ1) is 33.1. The van der Waals surface area contributed by atoms with Gasteiger partial charge in [0.05, 0.1) is 22.9 Å². The minimum atomic E-state index is -4.41. The van der Waals surface area contributed by atoms with E-state index in [2.05, 4.69) is 26.1 Å². The molecular formula is C30H46ClN3O7S2. The first-order valence-electron chi connectivity index (χ1n) is 15.4. The van der Waals surface area contributed by atoms with E-state index in [0.29, 0.717) is 30.1 Å². The average molecular weight is 660 g/mol. The van der Waals surface area contributed by atoms with Crippen LogP contribution in [0.2, 0.25) is 5.02 Å². The van der Waals surface area contributed by atoms with Gasteiger partial charge in [-0.1, -0.05) is 32.4 Å². The second kappa shape index (κ2) is 11.5. The molecule has 1 amide bonds. The van der Waals surface area contributed by atoms with Crippen molar-refractivity contribution >= 4 is 43.2 Å². The number of sulfonamides is 2. The number of carbonyl (C=O) groups excluding carboxylic acids is 1. The summed E-state index contributed by atoms with van der Waals surface area (Å²) >= 11 is 6.05. The Hall–Kier alpha value is -1.28. The number of carbonyl (C=O) groups is 1. The van der Waals surface area contributed by atoms with E-state index in [1.54, 1.807) is 0 Å². The molecule has 0 radical (unpaired) electrons. The number of benzene rings is 1. The third kappa shape index (κ3) is 5.90. The minimum absolute atomic E-state index is 0.0985. The average Bonchev–Trinajstić information content (AvgIpc) is 3.25. The van der Waals surface area contributed by atoms with Crippen LogP contribution < -0.4 is 15.6 Å². The molecule has 0 aromatic heterocycles. The molecular weight excluding hydrogens is 614 g/mol. The Morgan fingerprint density at radius 3 is 2.33 bits per heavy atom. The van der Waals surface area contributed by atoms with Gasteiger partial charge in [-0.25, -0.2) is 27.1 Å². The summed E-state index contributed by atoms with van der Waals surface area (Å²) in [5.74, 6) is 1.89. The predicted octanol–water partition coefficient (Wildman–Crippen LogP) is 3.98. The number of aliphatic hydroxyl groups excluding tert-OH is 2. The van der Waals surface area contributed by atoms with E-state index < -0.39 is 41.8 Å². The topological polar surface area (TPSA) is 190 Å². The number of hydrogen-bond acceptors (Lipinski definition) is 7. The van der Waals surface area contributed by atoms with Gasteiger partial charge in [0.15, 0.2) is 0 Å². The summed E-state index contributed by atoms with van der Waals surface area (Å²) < 4.78 is 48.0. The quantitative estimate of drug-likeness (QED) is 0.292. The summed E-state index contributed by atoms with van der Waals surface area (Å²) in [4.78, 5) is 11.8. The van der Waals surface area contributed by atoms with Crippen LogP contribution in [0.1, 0.15) is 85.0 Å². The number of primary sulfonamides is 2. The van der Waals surface area contributed by atoms with E-state index in [-0.39, 0.29) is 45.9 Å². The van der Waals surface area contributed by atoms with Crippen molar-refractivity contribution in [2.75, 3.05) is 5.32 Å². The number of amides is 1. The molecule has 4 aliphatic carbocycles. The van der Waals surface area contributed by atoms with Gasteiger partial charge < -0.3 is 15.5 Å². The monoisotopic (exact) mass is 659 g/mol. The number of rotatable bonds is 7. The van der Waals surface area contributed by atoms with Crippen LogP contribution in [0.15, 0.2) is 21.9 Å². The van der Waals surface area contributed by atoms with Crippen LogP contribution in [0.5, 0.6) is 0 Å². The molecule has 7 N–H and O–H groups in total. The molecule has 0 spiro atoms. The summed E-state index contributed by atoms with van der Waals surface area (Å²) in [6, 6.07) is 1.79. The van der Waals surface area contributed by atoms with E-state index in [4.69, 9.17) is 21.9 Å². The van der Waals surface area contributed by atoms with Gasteiger partial charge in [-0.2, -0.15) is 0 Å². The molecule has 0 saturated heterocycles. The number of halogens is 1. The highest BCUT2D eigenvalue weighted by atomic mass is 35.5. The molecule has 10 atom stereocenters. The summed E-state index contributed by atoms with van der Waals surface area (Å²) in [7, 11) is -8.74. The second-order valence-electron chi connectivity index (χ2n) is 14.3. The molecule has 0 heterocycles. The van der Waals surface area contributed by atoms with Crippen molar-refractivity contribution in [1.82, 2.24) is 0 Å². The number of nitrogens with two attached hydrogens (primary N) is 2. The normalized spacial score (nSPS) is 38.5. The minimum Gasteiger partial charge on any atom is -0.393 e. The molecule has 13 heteroatoms. The predicted molar refractivity (Wildman–Crippen MR) is 164 cm³/mol. The molecule has 4 aliphatic rings. The Kier molecular flexibility index (Phi) is 8.86. The number of hydrogen-bond donors (Lipinski definition) is 5. The first-order chi connectivity index (χ1) is 19.9. The molecule has 0 aliphatic heterocycles. The molecule has 5 rings (SSSR count). The fourth-order valence-electron chi connectivity index (χ4n) is 10.0. The number of aliphatic hydroxyl groups is 2. The fraction of sp³-hybridized carbons (Fsp3) is 0.767. The summed E-state index contributed by atoms with van der Waals surface area (Å²) in [6.45, 7) is 6.78. The first-order valence-corrected chi connectivity index (χ1v) is 18.9. The van der Waals surface area contributed by atoms with Gasteiger partial charge in [0, 0.05) is 6.42 Å². The zero-order valence-corrected chi connectivity index (χ0v) is 27.5. The van der Waals surface area contributed by atoms with E-state index in [1.807, 2.05) is 0 Å². The lowest BCUT2D eigenvalue weighted by Crippen LogP contribution is -2.58. The maximum atomic E-state index is 13.0. The van der Waals surface area contributed by atoms with Gasteiger partial charge in [0.1, 0.15) is 9.79 Å². The largest absolute Gasteiger partial charge is 0.393 e. The van der Waals surface area contributed by atoms with Crippen molar-refractivity contribution in [1.29, 1.82) is 0 Å². The van der Waals surface area contributed by atoms with Crippen LogP contribution in [0, 0.1) is 46.3 Å². The summed E-state index contributed by atoms with van der Waals surface area (Å²) in [5.41, 5.74) is -0.289. The number of anilines is 1. The smallest absolute Gasteiger partial charge is 0.240 e. The number of nitrogens with one attached hydrogen (secondary N) is 1. The van der Waals surface area contributed by atoms with Crippen molar-refractivity contribution < 1.29 is 31.8 Å². The lowest BCUT2D eigenvalue weighted by molar-refractivity contribution is -0.174.